The van der Waals surface area contributed by atoms with Crippen LogP contribution in [0.3, 0.4) is 0 Å². The molecule has 0 aliphatic heterocycles. The van der Waals surface area contributed by atoms with Crippen molar-refractivity contribution in [1.29, 1.82) is 0 Å². The number of carbonyl (C=O) groups is 1. The average Bonchev–Trinajstić information content (AvgIpc) is 2.88. The van der Waals surface area contributed by atoms with Gasteiger partial charge in [0.15, 0.2) is 5.82 Å². The maximum atomic E-state index is 11.7. The number of hydrogen-bond acceptors (Lipinski definition) is 4. The first kappa shape index (κ1) is 12.3. The molecule has 0 fully saturated rings. The Kier molecular flexibility index (Phi) is 3.90. The molecule has 2 rings (SSSR count). The zero-order chi connectivity index (χ0) is 12.3. The van der Waals surface area contributed by atoms with Gasteiger partial charge in [0.05, 0.1) is 8.66 Å². The zero-order valence-electron chi connectivity index (χ0n) is 9.18. The number of thiophene rings is 1. The van der Waals surface area contributed by atoms with Crippen molar-refractivity contribution in [3.05, 3.63) is 32.9 Å². The molecule has 0 aromatic carbocycles. The second kappa shape index (κ2) is 5.42. The minimum absolute atomic E-state index is 0.0587. The van der Waals surface area contributed by atoms with E-state index in [0.29, 0.717) is 17.8 Å². The Bertz CT molecular complexity index is 522. The first-order valence-electron chi connectivity index (χ1n) is 5.03. The fourth-order valence-corrected chi connectivity index (χ4v) is 2.61. The molecule has 0 aliphatic carbocycles. The number of amides is 1. The summed E-state index contributed by atoms with van der Waals surface area (Å²) in [4.78, 5) is 16.5. The quantitative estimate of drug-likeness (QED) is 0.932. The van der Waals surface area contributed by atoms with Crippen LogP contribution in [0.25, 0.3) is 0 Å². The Hall–Kier alpha value is -1.21. The number of aryl methyl sites for hydroxylation is 1. The number of hydrogen-bond donors (Lipinski definition) is 1. The minimum atomic E-state index is -0.0587. The molecule has 0 atom stereocenters. The van der Waals surface area contributed by atoms with E-state index in [1.54, 1.807) is 17.1 Å². The minimum Gasteiger partial charge on any atom is -0.351 e. The molecule has 0 bridgehead atoms. The lowest BCUT2D eigenvalue weighted by molar-refractivity contribution is 0.0958. The molecule has 0 spiro atoms. The van der Waals surface area contributed by atoms with Crippen molar-refractivity contribution in [2.24, 2.45) is 7.05 Å². The highest BCUT2D eigenvalue weighted by Gasteiger charge is 2.08. The smallest absolute Gasteiger partial charge is 0.261 e. The molecule has 1 N–H and O–H groups in total. The molecule has 0 saturated carbocycles. The van der Waals surface area contributed by atoms with Crippen LogP contribution < -0.4 is 5.32 Å². The molecular weight excluding hydrogens is 304 g/mol. The predicted octanol–water partition coefficient (Wildman–Crippen LogP) is 1.61. The van der Waals surface area contributed by atoms with E-state index in [2.05, 4.69) is 31.3 Å². The van der Waals surface area contributed by atoms with Crippen molar-refractivity contribution >= 4 is 33.2 Å². The third-order valence-corrected chi connectivity index (χ3v) is 3.70. The Morgan fingerprint density at radius 3 is 3.00 bits per heavy atom. The van der Waals surface area contributed by atoms with Crippen molar-refractivity contribution < 1.29 is 4.79 Å². The molecular formula is C10H11BrN4OS. The van der Waals surface area contributed by atoms with Crippen LogP contribution in [-0.2, 0) is 13.5 Å². The number of halogens is 1. The molecule has 2 aromatic rings. The summed E-state index contributed by atoms with van der Waals surface area (Å²) in [6.45, 7) is 0.540. The topological polar surface area (TPSA) is 59.8 Å². The predicted molar refractivity (Wildman–Crippen MR) is 69.1 cm³/mol. The number of nitrogens with zero attached hydrogens (tertiary/aromatic N) is 3. The first-order chi connectivity index (χ1) is 8.15. The van der Waals surface area contributed by atoms with Gasteiger partial charge in [-0.3, -0.25) is 9.48 Å². The Balaban J connectivity index is 1.81. The van der Waals surface area contributed by atoms with Crippen LogP contribution in [0.15, 0.2) is 22.2 Å². The van der Waals surface area contributed by atoms with Crippen molar-refractivity contribution in [1.82, 2.24) is 20.1 Å². The third-order valence-electron chi connectivity index (χ3n) is 2.08. The van der Waals surface area contributed by atoms with E-state index in [1.165, 1.54) is 11.3 Å². The summed E-state index contributed by atoms with van der Waals surface area (Å²) in [5, 5.41) is 6.97. The first-order valence-corrected chi connectivity index (χ1v) is 6.64. The third kappa shape index (κ3) is 3.37. The molecule has 2 aromatic heterocycles. The van der Waals surface area contributed by atoms with Gasteiger partial charge >= 0.3 is 0 Å². The monoisotopic (exact) mass is 314 g/mol. The van der Waals surface area contributed by atoms with E-state index >= 15 is 0 Å². The van der Waals surface area contributed by atoms with E-state index in [1.807, 2.05) is 13.1 Å². The highest BCUT2D eigenvalue weighted by Crippen LogP contribution is 2.21. The van der Waals surface area contributed by atoms with E-state index < -0.39 is 0 Å². The van der Waals surface area contributed by atoms with E-state index in [-0.39, 0.29) is 5.91 Å². The lowest BCUT2D eigenvalue weighted by atomic mass is 10.4. The fraction of sp³-hybridized carbons (Fsp3) is 0.300. The summed E-state index contributed by atoms with van der Waals surface area (Å²) in [7, 11) is 1.82. The van der Waals surface area contributed by atoms with Gasteiger partial charge in [0.2, 0.25) is 0 Å². The van der Waals surface area contributed by atoms with Gasteiger partial charge in [-0.25, -0.2) is 4.98 Å². The van der Waals surface area contributed by atoms with Gasteiger partial charge in [-0.1, -0.05) is 0 Å². The Morgan fingerprint density at radius 1 is 1.59 bits per heavy atom. The molecule has 90 valence electrons. The van der Waals surface area contributed by atoms with Gasteiger partial charge < -0.3 is 5.32 Å². The summed E-state index contributed by atoms with van der Waals surface area (Å²) < 4.78 is 2.60. The largest absolute Gasteiger partial charge is 0.351 e. The van der Waals surface area contributed by atoms with E-state index in [0.717, 1.165) is 9.61 Å². The van der Waals surface area contributed by atoms with Crippen molar-refractivity contribution in [3.8, 4) is 0 Å². The molecule has 0 saturated heterocycles. The lowest BCUT2D eigenvalue weighted by Crippen LogP contribution is -2.25. The highest BCUT2D eigenvalue weighted by atomic mass is 79.9. The highest BCUT2D eigenvalue weighted by molar-refractivity contribution is 9.11. The number of carbonyl (C=O) groups excluding carboxylic acids is 1. The van der Waals surface area contributed by atoms with Crippen LogP contribution in [0, 0.1) is 0 Å². The van der Waals surface area contributed by atoms with Crippen molar-refractivity contribution in [2.75, 3.05) is 6.54 Å². The number of nitrogens with one attached hydrogen (secondary N) is 1. The second-order valence-electron chi connectivity index (χ2n) is 3.44. The maximum absolute atomic E-state index is 11.7. The summed E-state index contributed by atoms with van der Waals surface area (Å²) >= 11 is 4.74. The Morgan fingerprint density at radius 2 is 2.41 bits per heavy atom. The van der Waals surface area contributed by atoms with Crippen LogP contribution in [-0.4, -0.2) is 27.2 Å². The second-order valence-corrected chi connectivity index (χ2v) is 5.91. The number of aromatic nitrogens is 3. The molecule has 0 radical (unpaired) electrons. The van der Waals surface area contributed by atoms with Gasteiger partial charge in [0.25, 0.3) is 5.91 Å². The molecule has 5 nitrogen and oxygen atoms in total. The maximum Gasteiger partial charge on any atom is 0.261 e. The normalized spacial score (nSPS) is 10.5. The van der Waals surface area contributed by atoms with Gasteiger partial charge in [-0.2, -0.15) is 5.10 Å². The summed E-state index contributed by atoms with van der Waals surface area (Å²) in [5.74, 6) is 0.678. The summed E-state index contributed by atoms with van der Waals surface area (Å²) in [6.07, 6.45) is 2.28. The van der Waals surface area contributed by atoms with E-state index in [9.17, 15) is 4.79 Å². The van der Waals surface area contributed by atoms with Crippen LogP contribution in [0.1, 0.15) is 15.5 Å². The molecule has 7 heteroatoms. The number of rotatable bonds is 4. The van der Waals surface area contributed by atoms with Crippen LogP contribution in [0.4, 0.5) is 0 Å². The molecule has 1 amide bonds. The van der Waals surface area contributed by atoms with Crippen LogP contribution in [0.5, 0.6) is 0 Å². The van der Waals surface area contributed by atoms with Crippen molar-refractivity contribution in [2.45, 2.75) is 6.42 Å². The van der Waals surface area contributed by atoms with Gasteiger partial charge in [-0.05, 0) is 28.1 Å². The standard InChI is InChI=1S/C10H11BrN4OS/c1-15-6-13-9(14-15)4-5-12-10(16)7-2-3-8(11)17-7/h2-3,6H,4-5H2,1H3,(H,12,16). The summed E-state index contributed by atoms with van der Waals surface area (Å²) in [6, 6.07) is 3.66. The Labute approximate surface area is 111 Å². The van der Waals surface area contributed by atoms with Gasteiger partial charge in [0.1, 0.15) is 6.33 Å². The fourth-order valence-electron chi connectivity index (χ4n) is 1.31. The molecule has 2 heterocycles. The zero-order valence-corrected chi connectivity index (χ0v) is 11.6. The van der Waals surface area contributed by atoms with E-state index in [4.69, 9.17) is 0 Å². The van der Waals surface area contributed by atoms with Gasteiger partial charge in [-0.15, -0.1) is 11.3 Å². The molecule has 0 aliphatic rings. The van der Waals surface area contributed by atoms with Gasteiger partial charge in [0, 0.05) is 20.0 Å². The average molecular weight is 315 g/mol. The van der Waals surface area contributed by atoms with Crippen LogP contribution >= 0.6 is 27.3 Å². The molecule has 0 unspecified atom stereocenters. The lowest BCUT2D eigenvalue weighted by Gasteiger charge is -2.00. The van der Waals surface area contributed by atoms with Crippen molar-refractivity contribution in [3.63, 3.8) is 0 Å². The molecule has 17 heavy (non-hydrogen) atoms. The van der Waals surface area contributed by atoms with Crippen LogP contribution in [0.2, 0.25) is 0 Å². The summed E-state index contributed by atoms with van der Waals surface area (Å²) in [5.41, 5.74) is 0. The SMILES string of the molecule is Cn1cnc(CCNC(=O)c2ccc(Br)s2)n1.